The Hall–Kier alpha value is -2.28. The van der Waals surface area contributed by atoms with E-state index in [1.807, 2.05) is 18.5 Å². The van der Waals surface area contributed by atoms with Crippen LogP contribution in [0.1, 0.15) is 23.2 Å². The van der Waals surface area contributed by atoms with Crippen LogP contribution in [0, 0.1) is 0 Å². The molecule has 3 heterocycles. The van der Waals surface area contributed by atoms with Gasteiger partial charge in [-0.15, -0.1) is 0 Å². The second-order valence-electron chi connectivity index (χ2n) is 7.11. The summed E-state index contributed by atoms with van der Waals surface area (Å²) in [7, 11) is 4.11. The minimum absolute atomic E-state index is 0.00670. The molecule has 136 valence electrons. The van der Waals surface area contributed by atoms with E-state index in [-0.39, 0.29) is 6.10 Å². The smallest absolute Gasteiger partial charge is 0.136 e. The molecule has 2 aromatic heterocycles. The first-order valence-corrected chi connectivity index (χ1v) is 9.04. The number of benzene rings is 1. The van der Waals surface area contributed by atoms with Crippen LogP contribution in [0.4, 0.5) is 0 Å². The number of rotatable bonds is 5. The van der Waals surface area contributed by atoms with Gasteiger partial charge in [-0.05, 0) is 31.8 Å². The summed E-state index contributed by atoms with van der Waals surface area (Å²) >= 11 is 0. The Morgan fingerprint density at radius 1 is 1.23 bits per heavy atom. The van der Waals surface area contributed by atoms with Gasteiger partial charge >= 0.3 is 0 Å². The van der Waals surface area contributed by atoms with Crippen LogP contribution in [0.5, 0.6) is 0 Å². The van der Waals surface area contributed by atoms with E-state index in [1.54, 1.807) is 0 Å². The van der Waals surface area contributed by atoms with Crippen molar-refractivity contribution in [2.45, 2.75) is 19.2 Å². The Morgan fingerprint density at radius 2 is 2.12 bits per heavy atom. The summed E-state index contributed by atoms with van der Waals surface area (Å²) in [5.41, 5.74) is 3.48. The van der Waals surface area contributed by atoms with Crippen molar-refractivity contribution in [1.29, 1.82) is 0 Å². The molecule has 1 aliphatic heterocycles. The van der Waals surface area contributed by atoms with Crippen LogP contribution in [0.3, 0.4) is 0 Å². The van der Waals surface area contributed by atoms with E-state index >= 15 is 0 Å². The number of nitrogens with one attached hydrogen (secondary N) is 1. The van der Waals surface area contributed by atoms with E-state index in [1.165, 1.54) is 10.9 Å². The van der Waals surface area contributed by atoms with Gasteiger partial charge in [-0.2, -0.15) is 0 Å². The lowest BCUT2D eigenvalue weighted by atomic mass is 10.1. The molecule has 0 saturated carbocycles. The van der Waals surface area contributed by atoms with E-state index in [2.05, 4.69) is 63.1 Å². The van der Waals surface area contributed by atoms with Crippen LogP contribution in [-0.2, 0) is 17.8 Å². The van der Waals surface area contributed by atoms with Gasteiger partial charge in [-0.3, -0.25) is 9.88 Å². The molecular weight excluding hydrogens is 326 g/mol. The molecule has 1 atom stereocenters. The Bertz CT molecular complexity index is 870. The van der Waals surface area contributed by atoms with Crippen LogP contribution in [0.15, 0.2) is 42.7 Å². The third-order valence-corrected chi connectivity index (χ3v) is 4.72. The molecule has 0 amide bonds. The molecule has 0 unspecified atom stereocenters. The van der Waals surface area contributed by atoms with Gasteiger partial charge in [0.15, 0.2) is 0 Å². The first-order chi connectivity index (χ1) is 12.7. The van der Waals surface area contributed by atoms with Gasteiger partial charge in [0.2, 0.25) is 0 Å². The van der Waals surface area contributed by atoms with Gasteiger partial charge in [-0.1, -0.05) is 18.2 Å². The highest BCUT2D eigenvalue weighted by Gasteiger charge is 2.24. The Kier molecular flexibility index (Phi) is 4.97. The van der Waals surface area contributed by atoms with Gasteiger partial charge in [0, 0.05) is 49.7 Å². The molecule has 6 heteroatoms. The summed E-state index contributed by atoms with van der Waals surface area (Å²) in [5.74, 6) is 0.922. The molecule has 4 rings (SSSR count). The zero-order valence-corrected chi connectivity index (χ0v) is 15.4. The summed E-state index contributed by atoms with van der Waals surface area (Å²) in [4.78, 5) is 17.0. The van der Waals surface area contributed by atoms with Crippen LogP contribution in [0.25, 0.3) is 10.9 Å². The fourth-order valence-corrected chi connectivity index (χ4v) is 3.51. The number of ether oxygens (including phenoxy) is 1. The third-order valence-electron chi connectivity index (χ3n) is 4.72. The minimum Gasteiger partial charge on any atom is -0.368 e. The van der Waals surface area contributed by atoms with Crippen molar-refractivity contribution in [1.82, 2.24) is 24.8 Å². The standard InChI is InChI=1S/C20H25N5O/c1-24(2)13-16-11-22-20(23-16)19-14-25(9-10-26-19)12-15-7-8-21-18-6-4-3-5-17(15)18/h3-8,11,19H,9-10,12-14H2,1-2H3,(H,22,23)/t19-/m1/s1. The Balaban J connectivity index is 1.47. The monoisotopic (exact) mass is 351 g/mol. The molecule has 1 saturated heterocycles. The quantitative estimate of drug-likeness (QED) is 0.766. The van der Waals surface area contributed by atoms with Crippen molar-refractivity contribution in [3.63, 3.8) is 0 Å². The lowest BCUT2D eigenvalue weighted by molar-refractivity contribution is -0.0367. The van der Waals surface area contributed by atoms with Crippen molar-refractivity contribution in [3.05, 3.63) is 59.8 Å². The molecule has 1 aliphatic rings. The maximum absolute atomic E-state index is 5.98. The number of H-pyrrole nitrogens is 1. The first-order valence-electron chi connectivity index (χ1n) is 9.04. The Labute approximate surface area is 153 Å². The molecule has 0 aliphatic carbocycles. The molecule has 26 heavy (non-hydrogen) atoms. The molecule has 0 radical (unpaired) electrons. The molecule has 6 nitrogen and oxygen atoms in total. The second kappa shape index (κ2) is 7.53. The summed E-state index contributed by atoms with van der Waals surface area (Å²) in [6, 6.07) is 10.4. The van der Waals surface area contributed by atoms with Crippen molar-refractivity contribution >= 4 is 10.9 Å². The van der Waals surface area contributed by atoms with Crippen LogP contribution < -0.4 is 0 Å². The fraction of sp³-hybridized carbons (Fsp3) is 0.400. The highest BCUT2D eigenvalue weighted by molar-refractivity contribution is 5.81. The highest BCUT2D eigenvalue weighted by Crippen LogP contribution is 2.23. The molecule has 1 aromatic carbocycles. The molecule has 1 fully saturated rings. The number of hydrogen-bond donors (Lipinski definition) is 1. The molecule has 1 N–H and O–H groups in total. The topological polar surface area (TPSA) is 57.3 Å². The van der Waals surface area contributed by atoms with Crippen molar-refractivity contribution in [2.75, 3.05) is 33.8 Å². The molecule has 3 aromatic rings. The lowest BCUT2D eigenvalue weighted by Crippen LogP contribution is -2.38. The zero-order chi connectivity index (χ0) is 17.9. The summed E-state index contributed by atoms with van der Waals surface area (Å²) in [6.07, 6.45) is 3.80. The van der Waals surface area contributed by atoms with Gasteiger partial charge in [-0.25, -0.2) is 4.98 Å². The van der Waals surface area contributed by atoms with E-state index < -0.39 is 0 Å². The summed E-state index contributed by atoms with van der Waals surface area (Å²) < 4.78 is 5.98. The van der Waals surface area contributed by atoms with Gasteiger partial charge < -0.3 is 14.6 Å². The van der Waals surface area contributed by atoms with Crippen molar-refractivity contribution < 1.29 is 4.74 Å². The fourth-order valence-electron chi connectivity index (χ4n) is 3.51. The van der Waals surface area contributed by atoms with Gasteiger partial charge in [0.05, 0.1) is 12.1 Å². The maximum Gasteiger partial charge on any atom is 0.136 e. The molecule has 0 bridgehead atoms. The zero-order valence-electron chi connectivity index (χ0n) is 15.4. The number of fused-ring (bicyclic) bond motifs is 1. The van der Waals surface area contributed by atoms with E-state index in [0.717, 1.165) is 49.8 Å². The Morgan fingerprint density at radius 3 is 3.00 bits per heavy atom. The SMILES string of the molecule is CN(C)Cc1cnc([C@H]2CN(Cc3ccnc4ccccc34)CCO2)[nH]1. The van der Waals surface area contributed by atoms with Gasteiger partial charge in [0.1, 0.15) is 11.9 Å². The first kappa shape index (κ1) is 17.1. The lowest BCUT2D eigenvalue weighted by Gasteiger charge is -2.32. The van der Waals surface area contributed by atoms with E-state index in [9.17, 15) is 0 Å². The average Bonchev–Trinajstić information content (AvgIpc) is 3.10. The predicted octanol–water partition coefficient (Wildman–Crippen LogP) is 2.59. The normalized spacial score (nSPS) is 18.7. The van der Waals surface area contributed by atoms with Crippen molar-refractivity contribution in [3.8, 4) is 0 Å². The van der Waals surface area contributed by atoms with E-state index in [0.29, 0.717) is 0 Å². The number of aromatic amines is 1. The highest BCUT2D eigenvalue weighted by atomic mass is 16.5. The van der Waals surface area contributed by atoms with Gasteiger partial charge in [0.25, 0.3) is 0 Å². The van der Waals surface area contributed by atoms with Crippen molar-refractivity contribution in [2.24, 2.45) is 0 Å². The number of aromatic nitrogens is 3. The minimum atomic E-state index is -0.00670. The number of nitrogens with zero attached hydrogens (tertiary/aromatic N) is 4. The van der Waals surface area contributed by atoms with Crippen LogP contribution in [0.2, 0.25) is 0 Å². The van der Waals surface area contributed by atoms with E-state index in [4.69, 9.17) is 4.74 Å². The number of morpholine rings is 1. The molecule has 0 spiro atoms. The average molecular weight is 351 g/mol. The summed E-state index contributed by atoms with van der Waals surface area (Å²) in [5, 5.41) is 1.23. The maximum atomic E-state index is 5.98. The number of para-hydroxylation sites is 1. The number of pyridine rings is 1. The van der Waals surface area contributed by atoms with Crippen LogP contribution in [-0.4, -0.2) is 58.5 Å². The third kappa shape index (κ3) is 3.77. The number of imidazole rings is 1. The predicted molar refractivity (Wildman–Crippen MR) is 102 cm³/mol. The largest absolute Gasteiger partial charge is 0.368 e. The summed E-state index contributed by atoms with van der Waals surface area (Å²) in [6.45, 7) is 4.24. The van der Waals surface area contributed by atoms with Crippen LogP contribution >= 0.6 is 0 Å². The second-order valence-corrected chi connectivity index (χ2v) is 7.11. The number of hydrogen-bond acceptors (Lipinski definition) is 5. The molecular formula is C20H25N5O.